The maximum absolute atomic E-state index is 10.4. The lowest BCUT2D eigenvalue weighted by atomic mass is 10.4. The Kier molecular flexibility index (Phi) is 1.48. The lowest BCUT2D eigenvalue weighted by Gasteiger charge is -2.04. The molecule has 0 aromatic rings. The number of nitrogens with one attached hydrogen (secondary N) is 1. The van der Waals surface area contributed by atoms with Crippen LogP contribution >= 0.6 is 0 Å². The van der Waals surface area contributed by atoms with Crippen LogP contribution in [0.5, 0.6) is 0 Å². The van der Waals surface area contributed by atoms with Crippen LogP contribution in [0.25, 0.3) is 0 Å². The van der Waals surface area contributed by atoms with Crippen molar-refractivity contribution >= 4 is 5.91 Å². The van der Waals surface area contributed by atoms with Crippen LogP contribution in [0, 0.1) is 0 Å². The van der Waals surface area contributed by atoms with Gasteiger partial charge in [0.15, 0.2) is 0 Å². The van der Waals surface area contributed by atoms with Crippen molar-refractivity contribution < 1.29 is 9.53 Å². The Morgan fingerprint density at radius 2 is 2.62 bits per heavy atom. The van der Waals surface area contributed by atoms with E-state index in [1.54, 1.807) is 7.11 Å². The Morgan fingerprint density at radius 3 is 2.88 bits per heavy atom. The molecule has 1 amide bonds. The first-order chi connectivity index (χ1) is 3.83. The van der Waals surface area contributed by atoms with Crippen LogP contribution < -0.4 is 5.32 Å². The number of methoxy groups -OCH3 is 1. The molecule has 0 bridgehead atoms. The van der Waals surface area contributed by atoms with E-state index >= 15 is 0 Å². The van der Waals surface area contributed by atoms with Crippen LogP contribution in [-0.4, -0.2) is 19.2 Å². The van der Waals surface area contributed by atoms with Gasteiger partial charge in [-0.2, -0.15) is 0 Å². The fourth-order valence-corrected chi connectivity index (χ4v) is 0.763. The number of ether oxygens (including phenoxy) is 1. The zero-order chi connectivity index (χ0) is 5.98. The van der Waals surface area contributed by atoms with Crippen molar-refractivity contribution in [2.24, 2.45) is 0 Å². The average Bonchev–Trinajstić information content (AvgIpc) is 2.14. The van der Waals surface area contributed by atoms with Crippen LogP contribution in [0.15, 0.2) is 0 Å². The van der Waals surface area contributed by atoms with Crippen molar-refractivity contribution in [3.8, 4) is 0 Å². The summed E-state index contributed by atoms with van der Waals surface area (Å²) in [4.78, 5) is 10.4. The lowest BCUT2D eigenvalue weighted by molar-refractivity contribution is -0.120. The number of hydrogen-bond acceptors (Lipinski definition) is 2. The molecule has 0 aliphatic carbocycles. The maximum Gasteiger partial charge on any atom is 0.222 e. The summed E-state index contributed by atoms with van der Waals surface area (Å²) < 4.78 is 4.85. The summed E-state index contributed by atoms with van der Waals surface area (Å²) in [6.45, 7) is 0. The van der Waals surface area contributed by atoms with E-state index in [0.717, 1.165) is 6.42 Å². The Morgan fingerprint density at radius 1 is 1.88 bits per heavy atom. The smallest absolute Gasteiger partial charge is 0.222 e. The van der Waals surface area contributed by atoms with Crippen molar-refractivity contribution in [3.63, 3.8) is 0 Å². The molecule has 1 rings (SSSR count). The van der Waals surface area contributed by atoms with Crippen molar-refractivity contribution in [2.75, 3.05) is 7.11 Å². The molecule has 0 unspecified atom stereocenters. The molecule has 0 aromatic heterocycles. The molecular formula is C5H9NO2. The summed E-state index contributed by atoms with van der Waals surface area (Å²) in [6.07, 6.45) is 1.40. The predicted octanol–water partition coefficient (Wildman–Crippen LogP) is -0.131. The molecule has 1 N–H and O–H groups in total. The average molecular weight is 115 g/mol. The van der Waals surface area contributed by atoms with Gasteiger partial charge in [0.2, 0.25) is 5.91 Å². The van der Waals surface area contributed by atoms with Crippen LogP contribution in [0.3, 0.4) is 0 Å². The van der Waals surface area contributed by atoms with Crippen molar-refractivity contribution in [1.29, 1.82) is 0 Å². The van der Waals surface area contributed by atoms with Gasteiger partial charge in [-0.05, 0) is 0 Å². The second-order valence-corrected chi connectivity index (χ2v) is 1.83. The van der Waals surface area contributed by atoms with E-state index in [4.69, 9.17) is 4.74 Å². The van der Waals surface area contributed by atoms with E-state index in [1.807, 2.05) is 0 Å². The Labute approximate surface area is 48.0 Å². The Balaban J connectivity index is 2.32. The normalized spacial score (nSPS) is 28.1. The summed E-state index contributed by atoms with van der Waals surface area (Å²) in [7, 11) is 1.59. The van der Waals surface area contributed by atoms with Crippen LogP contribution in [0.4, 0.5) is 0 Å². The Bertz CT molecular complexity index is 103. The third-order valence-corrected chi connectivity index (χ3v) is 1.24. The molecule has 1 fully saturated rings. The standard InChI is InChI=1S/C5H9NO2/c1-8-5-3-2-4(7)6-5/h5H,2-3H2,1H3,(H,6,7)/t5-/m1/s1. The van der Waals surface area contributed by atoms with Crippen molar-refractivity contribution in [3.05, 3.63) is 0 Å². The molecule has 1 aliphatic rings. The van der Waals surface area contributed by atoms with E-state index in [-0.39, 0.29) is 12.1 Å². The third kappa shape index (κ3) is 0.980. The molecule has 1 heterocycles. The molecule has 8 heavy (non-hydrogen) atoms. The highest BCUT2D eigenvalue weighted by atomic mass is 16.5. The lowest BCUT2D eigenvalue weighted by Crippen LogP contribution is -2.26. The van der Waals surface area contributed by atoms with Gasteiger partial charge in [-0.1, -0.05) is 0 Å². The first-order valence-corrected chi connectivity index (χ1v) is 2.65. The van der Waals surface area contributed by atoms with Crippen LogP contribution in [0.2, 0.25) is 0 Å². The van der Waals surface area contributed by atoms with E-state index in [0.29, 0.717) is 6.42 Å². The zero-order valence-electron chi connectivity index (χ0n) is 4.81. The minimum absolute atomic E-state index is 0.0255. The molecule has 1 aliphatic heterocycles. The summed E-state index contributed by atoms with van der Waals surface area (Å²) in [5.41, 5.74) is 0. The predicted molar refractivity (Wildman–Crippen MR) is 28.2 cm³/mol. The number of rotatable bonds is 1. The summed E-state index contributed by atoms with van der Waals surface area (Å²) >= 11 is 0. The number of amides is 1. The monoisotopic (exact) mass is 115 g/mol. The quantitative estimate of drug-likeness (QED) is 0.517. The molecule has 3 heteroatoms. The van der Waals surface area contributed by atoms with Gasteiger partial charge in [-0.25, -0.2) is 0 Å². The fourth-order valence-electron chi connectivity index (χ4n) is 0.763. The van der Waals surface area contributed by atoms with E-state index in [9.17, 15) is 4.79 Å². The SMILES string of the molecule is CO[C@@H]1CCC(=O)N1. The molecule has 0 spiro atoms. The van der Waals surface area contributed by atoms with Crippen LogP contribution in [0.1, 0.15) is 12.8 Å². The van der Waals surface area contributed by atoms with Crippen molar-refractivity contribution in [1.82, 2.24) is 5.32 Å². The molecule has 1 atom stereocenters. The minimum atomic E-state index is -0.0255. The number of carbonyl (C=O) groups is 1. The number of hydrogen-bond donors (Lipinski definition) is 1. The summed E-state index contributed by atoms with van der Waals surface area (Å²) in [5.74, 6) is 0.0943. The van der Waals surface area contributed by atoms with Gasteiger partial charge in [0.1, 0.15) is 6.23 Å². The molecule has 1 saturated heterocycles. The molecule has 0 aromatic carbocycles. The van der Waals surface area contributed by atoms with Crippen molar-refractivity contribution in [2.45, 2.75) is 19.1 Å². The van der Waals surface area contributed by atoms with Gasteiger partial charge in [0.05, 0.1) is 0 Å². The molecular weight excluding hydrogens is 106 g/mol. The van der Waals surface area contributed by atoms with Gasteiger partial charge < -0.3 is 10.1 Å². The topological polar surface area (TPSA) is 38.3 Å². The highest BCUT2D eigenvalue weighted by Crippen LogP contribution is 2.05. The first-order valence-electron chi connectivity index (χ1n) is 2.65. The summed E-state index contributed by atoms with van der Waals surface area (Å²) in [5, 5.41) is 2.64. The second-order valence-electron chi connectivity index (χ2n) is 1.83. The second kappa shape index (κ2) is 2.13. The summed E-state index contributed by atoms with van der Waals surface area (Å²) in [6, 6.07) is 0. The fraction of sp³-hybridized carbons (Fsp3) is 0.800. The molecule has 0 radical (unpaired) electrons. The van der Waals surface area contributed by atoms with Gasteiger partial charge in [-0.3, -0.25) is 4.79 Å². The molecule has 46 valence electrons. The van der Waals surface area contributed by atoms with Gasteiger partial charge in [-0.15, -0.1) is 0 Å². The van der Waals surface area contributed by atoms with E-state index < -0.39 is 0 Å². The molecule has 3 nitrogen and oxygen atoms in total. The Hall–Kier alpha value is -0.570. The maximum atomic E-state index is 10.4. The largest absolute Gasteiger partial charge is 0.362 e. The van der Waals surface area contributed by atoms with Gasteiger partial charge in [0.25, 0.3) is 0 Å². The highest BCUT2D eigenvalue weighted by Gasteiger charge is 2.18. The zero-order valence-corrected chi connectivity index (χ0v) is 4.81. The number of carbonyl (C=O) groups excluding carboxylic acids is 1. The van der Waals surface area contributed by atoms with E-state index in [1.165, 1.54) is 0 Å². The highest BCUT2D eigenvalue weighted by molar-refractivity contribution is 5.78. The first kappa shape index (κ1) is 5.56. The van der Waals surface area contributed by atoms with Gasteiger partial charge >= 0.3 is 0 Å². The van der Waals surface area contributed by atoms with Crippen LogP contribution in [-0.2, 0) is 9.53 Å². The van der Waals surface area contributed by atoms with Gasteiger partial charge in [0, 0.05) is 20.0 Å². The van der Waals surface area contributed by atoms with E-state index in [2.05, 4.69) is 5.32 Å². The third-order valence-electron chi connectivity index (χ3n) is 1.24. The minimum Gasteiger partial charge on any atom is -0.362 e. The molecule has 0 saturated carbocycles.